The molecule has 0 bridgehead atoms. The zero-order chi connectivity index (χ0) is 17.5. The van der Waals surface area contributed by atoms with Crippen molar-refractivity contribution >= 4 is 15.9 Å². The lowest BCUT2D eigenvalue weighted by Gasteiger charge is -2.14. The van der Waals surface area contributed by atoms with Crippen molar-refractivity contribution in [2.24, 2.45) is 0 Å². The van der Waals surface area contributed by atoms with Gasteiger partial charge < -0.3 is 10.1 Å². The van der Waals surface area contributed by atoms with Crippen molar-refractivity contribution in [3.63, 3.8) is 0 Å². The van der Waals surface area contributed by atoms with E-state index in [-0.39, 0.29) is 23.5 Å². The maximum Gasteiger partial charge on any atom is 0.258 e. The molecule has 7 heteroatoms. The van der Waals surface area contributed by atoms with Crippen LogP contribution in [0.2, 0.25) is 0 Å². The minimum absolute atomic E-state index is 0.0919. The van der Waals surface area contributed by atoms with E-state index in [1.807, 2.05) is 20.8 Å². The summed E-state index contributed by atoms with van der Waals surface area (Å²) in [6.07, 6.45) is 1.58. The molecule has 1 atom stereocenters. The summed E-state index contributed by atoms with van der Waals surface area (Å²) in [5.74, 6) is 0.304. The van der Waals surface area contributed by atoms with Crippen LogP contribution in [0.15, 0.2) is 23.1 Å². The van der Waals surface area contributed by atoms with Crippen molar-refractivity contribution in [2.75, 3.05) is 13.2 Å². The van der Waals surface area contributed by atoms with Crippen LogP contribution in [0.4, 0.5) is 0 Å². The van der Waals surface area contributed by atoms with Gasteiger partial charge in [0.2, 0.25) is 10.0 Å². The zero-order valence-corrected chi connectivity index (χ0v) is 15.0. The molecule has 0 saturated heterocycles. The molecule has 0 aliphatic carbocycles. The minimum Gasteiger partial charge on any atom is -0.484 e. The van der Waals surface area contributed by atoms with Gasteiger partial charge in [-0.1, -0.05) is 13.8 Å². The molecule has 0 unspecified atom stereocenters. The molecule has 1 amide bonds. The van der Waals surface area contributed by atoms with Gasteiger partial charge in [0.05, 0.1) is 4.90 Å². The van der Waals surface area contributed by atoms with E-state index in [1.54, 1.807) is 19.1 Å². The number of ether oxygens (including phenoxy) is 1. The second kappa shape index (κ2) is 8.88. The maximum absolute atomic E-state index is 12.1. The largest absolute Gasteiger partial charge is 0.484 e. The molecule has 0 aliphatic rings. The quantitative estimate of drug-likeness (QED) is 0.719. The van der Waals surface area contributed by atoms with E-state index in [4.69, 9.17) is 4.74 Å². The number of amides is 1. The van der Waals surface area contributed by atoms with Gasteiger partial charge in [0.25, 0.3) is 5.91 Å². The van der Waals surface area contributed by atoms with Crippen molar-refractivity contribution in [1.82, 2.24) is 10.0 Å². The number of aryl methyl sites for hydroxylation is 1. The molecular weight excluding hydrogens is 316 g/mol. The van der Waals surface area contributed by atoms with Crippen molar-refractivity contribution in [3.05, 3.63) is 23.8 Å². The van der Waals surface area contributed by atoms with E-state index in [2.05, 4.69) is 10.0 Å². The number of hydrogen-bond acceptors (Lipinski definition) is 4. The van der Waals surface area contributed by atoms with Crippen LogP contribution in [0.1, 0.15) is 39.2 Å². The van der Waals surface area contributed by atoms with Crippen LogP contribution in [0.3, 0.4) is 0 Å². The Balaban J connectivity index is 2.72. The average molecular weight is 342 g/mol. The fourth-order valence-electron chi connectivity index (χ4n) is 1.83. The molecule has 0 radical (unpaired) electrons. The monoisotopic (exact) mass is 342 g/mol. The minimum atomic E-state index is -3.50. The fourth-order valence-corrected chi connectivity index (χ4v) is 3.05. The number of rotatable bonds is 9. The summed E-state index contributed by atoms with van der Waals surface area (Å²) in [6, 6.07) is 4.70. The fraction of sp³-hybridized carbons (Fsp3) is 0.562. The highest BCUT2D eigenvalue weighted by Gasteiger charge is 2.15. The second-order valence-electron chi connectivity index (χ2n) is 5.49. The van der Waals surface area contributed by atoms with E-state index in [1.165, 1.54) is 6.07 Å². The third-order valence-corrected chi connectivity index (χ3v) is 4.84. The Bertz CT molecular complexity index is 629. The first-order chi connectivity index (χ1) is 10.8. The predicted octanol–water partition coefficient (Wildman–Crippen LogP) is 1.98. The first kappa shape index (κ1) is 19.4. The molecule has 1 aromatic carbocycles. The third kappa shape index (κ3) is 6.19. The number of sulfonamides is 1. The van der Waals surface area contributed by atoms with Gasteiger partial charge in [0, 0.05) is 12.6 Å². The van der Waals surface area contributed by atoms with Gasteiger partial charge in [-0.15, -0.1) is 0 Å². The van der Waals surface area contributed by atoms with Gasteiger partial charge in [-0.2, -0.15) is 0 Å². The van der Waals surface area contributed by atoms with Gasteiger partial charge in [-0.3, -0.25) is 4.79 Å². The molecule has 0 heterocycles. The van der Waals surface area contributed by atoms with Gasteiger partial charge in [-0.25, -0.2) is 13.1 Å². The highest BCUT2D eigenvalue weighted by molar-refractivity contribution is 7.89. The van der Waals surface area contributed by atoms with Gasteiger partial charge in [0.15, 0.2) is 6.61 Å². The normalized spacial score (nSPS) is 12.7. The molecule has 0 saturated carbocycles. The van der Waals surface area contributed by atoms with Crippen LogP contribution < -0.4 is 14.8 Å². The van der Waals surface area contributed by atoms with E-state index >= 15 is 0 Å². The lowest BCUT2D eigenvalue weighted by atomic mass is 10.2. The van der Waals surface area contributed by atoms with Crippen molar-refractivity contribution < 1.29 is 17.9 Å². The molecule has 0 fully saturated rings. The van der Waals surface area contributed by atoms with E-state index in [9.17, 15) is 13.2 Å². The summed E-state index contributed by atoms with van der Waals surface area (Å²) in [5, 5.41) is 2.81. The second-order valence-corrected chi connectivity index (χ2v) is 7.26. The topological polar surface area (TPSA) is 84.5 Å². The molecule has 0 aliphatic heterocycles. The van der Waals surface area contributed by atoms with Crippen LogP contribution >= 0.6 is 0 Å². The molecular formula is C16H26N2O4S. The molecule has 130 valence electrons. The maximum atomic E-state index is 12.1. The standard InChI is InChI=1S/C16H26N2O4S/c1-5-9-17-23(20,21)14-7-8-15(12(3)10-14)22-11-16(19)18-13(4)6-2/h7-8,10,13,17H,5-6,9,11H2,1-4H3,(H,18,19)/t13-/m1/s1. The summed E-state index contributed by atoms with van der Waals surface area (Å²) in [4.78, 5) is 11.9. The van der Waals surface area contributed by atoms with Gasteiger partial charge in [0.1, 0.15) is 5.75 Å². The Morgan fingerprint density at radius 2 is 2.00 bits per heavy atom. The van der Waals surface area contributed by atoms with Crippen LogP contribution in [0, 0.1) is 6.92 Å². The predicted molar refractivity (Wildman–Crippen MR) is 90.0 cm³/mol. The lowest BCUT2D eigenvalue weighted by Crippen LogP contribution is -2.35. The van der Waals surface area contributed by atoms with E-state index < -0.39 is 10.0 Å². The lowest BCUT2D eigenvalue weighted by molar-refractivity contribution is -0.123. The molecule has 6 nitrogen and oxygen atoms in total. The number of carbonyl (C=O) groups excluding carboxylic acids is 1. The zero-order valence-electron chi connectivity index (χ0n) is 14.2. The van der Waals surface area contributed by atoms with Crippen LogP contribution in [-0.2, 0) is 14.8 Å². The Kier molecular flexibility index (Phi) is 7.51. The van der Waals surface area contributed by atoms with Gasteiger partial charge in [-0.05, 0) is 50.5 Å². The van der Waals surface area contributed by atoms with Crippen LogP contribution in [0.5, 0.6) is 5.75 Å². The molecule has 23 heavy (non-hydrogen) atoms. The smallest absolute Gasteiger partial charge is 0.258 e. The number of carbonyl (C=O) groups is 1. The van der Waals surface area contributed by atoms with Crippen LogP contribution in [-0.4, -0.2) is 33.5 Å². The summed E-state index contributed by atoms with van der Waals surface area (Å²) >= 11 is 0. The molecule has 1 aromatic rings. The average Bonchev–Trinajstić information content (AvgIpc) is 2.51. The number of nitrogens with one attached hydrogen (secondary N) is 2. The summed E-state index contributed by atoms with van der Waals surface area (Å²) < 4.78 is 32.1. The van der Waals surface area contributed by atoms with Crippen molar-refractivity contribution in [1.29, 1.82) is 0 Å². The Labute approximate surface area is 138 Å². The summed E-state index contributed by atoms with van der Waals surface area (Å²) in [5.41, 5.74) is 0.667. The number of benzene rings is 1. The Morgan fingerprint density at radius 3 is 2.57 bits per heavy atom. The Hall–Kier alpha value is -1.60. The molecule has 0 spiro atoms. The summed E-state index contributed by atoms with van der Waals surface area (Å²) in [7, 11) is -3.50. The SMILES string of the molecule is CCCNS(=O)(=O)c1ccc(OCC(=O)N[C@H](C)CC)c(C)c1. The molecule has 1 rings (SSSR count). The highest BCUT2D eigenvalue weighted by Crippen LogP contribution is 2.21. The van der Waals surface area contributed by atoms with E-state index in [0.717, 1.165) is 12.8 Å². The Morgan fingerprint density at radius 1 is 1.30 bits per heavy atom. The van der Waals surface area contributed by atoms with Crippen molar-refractivity contribution in [2.45, 2.75) is 51.5 Å². The third-order valence-electron chi connectivity index (χ3n) is 3.38. The van der Waals surface area contributed by atoms with Crippen LogP contribution in [0.25, 0.3) is 0 Å². The number of hydrogen-bond donors (Lipinski definition) is 2. The van der Waals surface area contributed by atoms with Gasteiger partial charge >= 0.3 is 0 Å². The van der Waals surface area contributed by atoms with Crippen molar-refractivity contribution in [3.8, 4) is 5.75 Å². The van der Waals surface area contributed by atoms with E-state index in [0.29, 0.717) is 17.9 Å². The first-order valence-corrected chi connectivity index (χ1v) is 9.31. The molecule has 2 N–H and O–H groups in total. The summed E-state index contributed by atoms with van der Waals surface area (Å²) in [6.45, 7) is 7.87. The highest BCUT2D eigenvalue weighted by atomic mass is 32.2. The molecule has 0 aromatic heterocycles. The first-order valence-electron chi connectivity index (χ1n) is 7.82.